The normalized spacial score (nSPS) is 10.2. The van der Waals surface area contributed by atoms with E-state index < -0.39 is 18.0 Å². The summed E-state index contributed by atoms with van der Waals surface area (Å²) in [6.45, 7) is -0.302. The summed E-state index contributed by atoms with van der Waals surface area (Å²) in [5, 5.41) is 17.5. The van der Waals surface area contributed by atoms with E-state index in [4.69, 9.17) is 16.1 Å². The predicted octanol–water partition coefficient (Wildman–Crippen LogP) is 1.65. The topological polar surface area (TPSA) is 87.1 Å². The van der Waals surface area contributed by atoms with Crippen molar-refractivity contribution < 1.29 is 18.7 Å². The number of halogens is 2. The van der Waals surface area contributed by atoms with Crippen molar-refractivity contribution in [3.8, 4) is 6.07 Å². The molecule has 0 unspecified atom stereocenters. The van der Waals surface area contributed by atoms with Crippen molar-refractivity contribution in [3.63, 3.8) is 0 Å². The predicted molar refractivity (Wildman–Crippen MR) is 51.0 cm³/mol. The molecule has 0 radical (unpaired) electrons. The first-order chi connectivity index (χ1) is 7.52. The van der Waals surface area contributed by atoms with Crippen LogP contribution in [0.15, 0.2) is 12.1 Å². The van der Waals surface area contributed by atoms with E-state index in [-0.39, 0.29) is 23.2 Å². The number of rotatable bonds is 3. The minimum atomic E-state index is -2.78. The van der Waals surface area contributed by atoms with E-state index in [1.165, 1.54) is 0 Å². The number of benzene rings is 1. The van der Waals surface area contributed by atoms with Crippen molar-refractivity contribution in [2.24, 2.45) is 5.73 Å². The van der Waals surface area contributed by atoms with Crippen molar-refractivity contribution in [2.45, 2.75) is 13.0 Å². The van der Waals surface area contributed by atoms with Crippen LogP contribution in [0.25, 0.3) is 0 Å². The number of carboxylic acid groups (broad SMARTS) is 1. The van der Waals surface area contributed by atoms with Gasteiger partial charge in [-0.3, -0.25) is 0 Å². The van der Waals surface area contributed by atoms with Gasteiger partial charge in [0.1, 0.15) is 6.07 Å². The molecule has 0 amide bonds. The maximum Gasteiger partial charge on any atom is 0.337 e. The lowest BCUT2D eigenvalue weighted by atomic mass is 9.96. The van der Waals surface area contributed by atoms with Crippen molar-refractivity contribution in [3.05, 3.63) is 34.4 Å². The number of nitriles is 1. The zero-order chi connectivity index (χ0) is 12.3. The summed E-state index contributed by atoms with van der Waals surface area (Å²) in [4.78, 5) is 10.8. The van der Waals surface area contributed by atoms with Crippen molar-refractivity contribution in [1.29, 1.82) is 5.26 Å². The molecule has 0 aliphatic carbocycles. The van der Waals surface area contributed by atoms with Gasteiger partial charge in [0.05, 0.1) is 11.1 Å². The Balaban J connectivity index is 3.54. The molecule has 0 bridgehead atoms. The third kappa shape index (κ3) is 1.99. The standard InChI is InChI=1S/C10H8F2N2O2/c11-9(12)5-1-2-6(10(15)16)8(4-14)7(5)3-13/h1-2,9H,3,13H2,(H,15,16). The van der Waals surface area contributed by atoms with E-state index in [1.807, 2.05) is 0 Å². The highest BCUT2D eigenvalue weighted by molar-refractivity contribution is 5.91. The fourth-order valence-electron chi connectivity index (χ4n) is 1.39. The van der Waals surface area contributed by atoms with Gasteiger partial charge in [0.15, 0.2) is 0 Å². The highest BCUT2D eigenvalue weighted by Crippen LogP contribution is 2.27. The van der Waals surface area contributed by atoms with Crippen molar-refractivity contribution in [2.75, 3.05) is 0 Å². The van der Waals surface area contributed by atoms with Crippen LogP contribution in [-0.2, 0) is 6.54 Å². The number of nitrogens with zero attached hydrogens (tertiary/aromatic N) is 1. The van der Waals surface area contributed by atoms with Crippen LogP contribution in [0.1, 0.15) is 33.5 Å². The molecule has 0 saturated carbocycles. The zero-order valence-corrected chi connectivity index (χ0v) is 8.08. The number of aromatic carboxylic acids is 1. The minimum Gasteiger partial charge on any atom is -0.478 e. The second-order valence-corrected chi connectivity index (χ2v) is 2.98. The maximum absolute atomic E-state index is 12.6. The highest BCUT2D eigenvalue weighted by Gasteiger charge is 2.20. The largest absolute Gasteiger partial charge is 0.478 e. The minimum absolute atomic E-state index is 0.114. The molecule has 0 spiro atoms. The lowest BCUT2D eigenvalue weighted by Crippen LogP contribution is -2.10. The van der Waals surface area contributed by atoms with Gasteiger partial charge in [0.25, 0.3) is 6.43 Å². The second kappa shape index (κ2) is 4.68. The van der Waals surface area contributed by atoms with Crippen LogP contribution in [0.3, 0.4) is 0 Å². The fourth-order valence-corrected chi connectivity index (χ4v) is 1.39. The van der Waals surface area contributed by atoms with Crippen LogP contribution >= 0.6 is 0 Å². The molecule has 84 valence electrons. The van der Waals surface area contributed by atoms with Gasteiger partial charge >= 0.3 is 5.97 Å². The Morgan fingerprint density at radius 3 is 2.56 bits per heavy atom. The average molecular weight is 226 g/mol. The van der Waals surface area contributed by atoms with Gasteiger partial charge in [-0.25, -0.2) is 13.6 Å². The van der Waals surface area contributed by atoms with Gasteiger partial charge < -0.3 is 10.8 Å². The number of nitrogens with two attached hydrogens (primary N) is 1. The molecule has 1 aromatic rings. The summed E-state index contributed by atoms with van der Waals surface area (Å²) in [5.41, 5.74) is 4.13. The Bertz CT molecular complexity index is 467. The van der Waals surface area contributed by atoms with Gasteiger partial charge in [-0.2, -0.15) is 5.26 Å². The van der Waals surface area contributed by atoms with E-state index in [1.54, 1.807) is 6.07 Å². The van der Waals surface area contributed by atoms with Crippen molar-refractivity contribution in [1.82, 2.24) is 0 Å². The van der Waals surface area contributed by atoms with E-state index in [0.29, 0.717) is 0 Å². The molecule has 1 aromatic carbocycles. The van der Waals surface area contributed by atoms with Crippen LogP contribution in [0.4, 0.5) is 8.78 Å². The van der Waals surface area contributed by atoms with Gasteiger partial charge in [0, 0.05) is 12.1 Å². The molecular formula is C10H8F2N2O2. The van der Waals surface area contributed by atoms with E-state index >= 15 is 0 Å². The van der Waals surface area contributed by atoms with Crippen LogP contribution < -0.4 is 5.73 Å². The Labute approximate surface area is 89.9 Å². The zero-order valence-electron chi connectivity index (χ0n) is 8.08. The summed E-state index contributed by atoms with van der Waals surface area (Å²) in [7, 11) is 0. The molecule has 0 aliphatic heterocycles. The molecule has 6 heteroatoms. The third-order valence-electron chi connectivity index (χ3n) is 2.13. The van der Waals surface area contributed by atoms with Gasteiger partial charge in [-0.15, -0.1) is 0 Å². The molecule has 4 nitrogen and oxygen atoms in total. The number of carbonyl (C=O) groups is 1. The molecule has 0 fully saturated rings. The first-order valence-corrected chi connectivity index (χ1v) is 4.30. The average Bonchev–Trinajstić information content (AvgIpc) is 2.26. The molecular weight excluding hydrogens is 218 g/mol. The third-order valence-corrected chi connectivity index (χ3v) is 2.13. The summed E-state index contributed by atoms with van der Waals surface area (Å²) in [6, 6.07) is 3.57. The maximum atomic E-state index is 12.6. The van der Waals surface area contributed by atoms with Gasteiger partial charge in [-0.05, 0) is 11.6 Å². The Kier molecular flexibility index (Phi) is 3.53. The quantitative estimate of drug-likeness (QED) is 0.820. The molecule has 1 rings (SSSR count). The summed E-state index contributed by atoms with van der Waals surface area (Å²) in [6.07, 6.45) is -2.78. The smallest absolute Gasteiger partial charge is 0.337 e. The second-order valence-electron chi connectivity index (χ2n) is 2.98. The Hall–Kier alpha value is -2.00. The first-order valence-electron chi connectivity index (χ1n) is 4.30. The Morgan fingerprint density at radius 2 is 2.19 bits per heavy atom. The summed E-state index contributed by atoms with van der Waals surface area (Å²) < 4.78 is 25.1. The Morgan fingerprint density at radius 1 is 1.56 bits per heavy atom. The van der Waals surface area contributed by atoms with Crippen LogP contribution in [0.2, 0.25) is 0 Å². The SMILES string of the molecule is N#Cc1c(C(=O)O)ccc(C(F)F)c1CN. The summed E-state index contributed by atoms with van der Waals surface area (Å²) in [5.74, 6) is -1.34. The van der Waals surface area contributed by atoms with E-state index in [0.717, 1.165) is 12.1 Å². The molecule has 0 heterocycles. The highest BCUT2D eigenvalue weighted by atomic mass is 19.3. The monoisotopic (exact) mass is 226 g/mol. The number of hydrogen-bond acceptors (Lipinski definition) is 3. The molecule has 0 aliphatic rings. The first kappa shape index (κ1) is 12.1. The number of hydrogen-bond donors (Lipinski definition) is 2. The van der Waals surface area contributed by atoms with Crippen molar-refractivity contribution >= 4 is 5.97 Å². The summed E-state index contributed by atoms with van der Waals surface area (Å²) >= 11 is 0. The lowest BCUT2D eigenvalue weighted by Gasteiger charge is -2.10. The molecule has 0 atom stereocenters. The molecule has 0 saturated heterocycles. The van der Waals surface area contributed by atoms with E-state index in [9.17, 15) is 13.6 Å². The number of carboxylic acids is 1. The number of alkyl halides is 2. The molecule has 3 N–H and O–H groups in total. The lowest BCUT2D eigenvalue weighted by molar-refractivity contribution is 0.0696. The van der Waals surface area contributed by atoms with Gasteiger partial charge in [-0.1, -0.05) is 6.07 Å². The van der Waals surface area contributed by atoms with Gasteiger partial charge in [0.2, 0.25) is 0 Å². The molecule has 16 heavy (non-hydrogen) atoms. The van der Waals surface area contributed by atoms with E-state index in [2.05, 4.69) is 0 Å². The van der Waals surface area contributed by atoms with Crippen LogP contribution in [0, 0.1) is 11.3 Å². The fraction of sp³-hybridized carbons (Fsp3) is 0.200. The van der Waals surface area contributed by atoms with Crippen LogP contribution in [-0.4, -0.2) is 11.1 Å². The van der Waals surface area contributed by atoms with Crippen LogP contribution in [0.5, 0.6) is 0 Å². The molecule has 0 aromatic heterocycles.